The molecule has 3 N–H and O–H groups in total. The highest BCUT2D eigenvalue weighted by Gasteiger charge is 2.39. The lowest BCUT2D eigenvalue weighted by Crippen LogP contribution is -3.14. The quantitative estimate of drug-likeness (QED) is 0.698. The minimum absolute atomic E-state index is 0.0322. The van der Waals surface area contributed by atoms with Crippen LogP contribution in [0.15, 0.2) is 47.1 Å². The van der Waals surface area contributed by atoms with Gasteiger partial charge < -0.3 is 20.0 Å². The predicted molar refractivity (Wildman–Crippen MR) is 97.2 cm³/mol. The maximum atomic E-state index is 13.3. The van der Waals surface area contributed by atoms with Crippen molar-refractivity contribution in [1.82, 2.24) is 10.6 Å². The first kappa shape index (κ1) is 19.1. The molecule has 27 heavy (non-hydrogen) atoms. The topological polar surface area (TPSA) is 75.8 Å². The summed E-state index contributed by atoms with van der Waals surface area (Å²) in [6.07, 6.45) is 2.96. The summed E-state index contributed by atoms with van der Waals surface area (Å²) in [7, 11) is 0. The molecule has 0 radical (unpaired) electrons. The Balaban J connectivity index is 1.58. The van der Waals surface area contributed by atoms with Gasteiger partial charge in [0.2, 0.25) is 5.91 Å². The van der Waals surface area contributed by atoms with E-state index in [9.17, 15) is 14.0 Å². The van der Waals surface area contributed by atoms with E-state index in [1.807, 2.05) is 6.07 Å². The number of amides is 2. The third-order valence-electron chi connectivity index (χ3n) is 5.07. The molecule has 6 nitrogen and oxygen atoms in total. The average Bonchev–Trinajstić information content (AvgIpc) is 3.15. The Morgan fingerprint density at radius 3 is 2.48 bits per heavy atom. The van der Waals surface area contributed by atoms with Crippen molar-refractivity contribution < 1.29 is 23.3 Å². The van der Waals surface area contributed by atoms with Crippen LogP contribution >= 0.6 is 0 Å². The first-order valence-electron chi connectivity index (χ1n) is 9.14. The first-order valence-corrected chi connectivity index (χ1v) is 9.14. The molecule has 0 atom stereocenters. The van der Waals surface area contributed by atoms with E-state index in [1.54, 1.807) is 24.5 Å². The molecule has 3 rings (SSSR count). The van der Waals surface area contributed by atoms with Crippen molar-refractivity contribution in [3.8, 4) is 0 Å². The van der Waals surface area contributed by atoms with Crippen molar-refractivity contribution in [2.75, 3.05) is 19.6 Å². The molecular weight excluding hydrogens is 349 g/mol. The zero-order valence-electron chi connectivity index (χ0n) is 15.4. The SMILES string of the molecule is CC(=O)NC1(c2ccc(F)cc2)CC[NH+](CC(=O)NCc2ccco2)CC1. The van der Waals surface area contributed by atoms with Crippen LogP contribution in [-0.4, -0.2) is 31.4 Å². The largest absolute Gasteiger partial charge is 0.467 e. The number of carbonyl (C=O) groups is 2. The van der Waals surface area contributed by atoms with Gasteiger partial charge in [-0.25, -0.2) is 4.39 Å². The zero-order valence-corrected chi connectivity index (χ0v) is 15.4. The lowest BCUT2D eigenvalue weighted by Gasteiger charge is -2.40. The second-order valence-corrected chi connectivity index (χ2v) is 7.05. The van der Waals surface area contributed by atoms with Crippen molar-refractivity contribution in [2.45, 2.75) is 31.8 Å². The van der Waals surface area contributed by atoms with Gasteiger partial charge in [-0.2, -0.15) is 0 Å². The van der Waals surface area contributed by atoms with Gasteiger partial charge in [0.1, 0.15) is 11.6 Å². The molecule has 7 heteroatoms. The van der Waals surface area contributed by atoms with Crippen LogP contribution in [0.4, 0.5) is 4.39 Å². The number of benzene rings is 1. The molecule has 1 fully saturated rings. The summed E-state index contributed by atoms with van der Waals surface area (Å²) in [5, 5.41) is 5.92. The van der Waals surface area contributed by atoms with Gasteiger partial charge in [0, 0.05) is 19.8 Å². The van der Waals surface area contributed by atoms with Crippen molar-refractivity contribution in [2.24, 2.45) is 0 Å². The number of quaternary nitrogens is 1. The lowest BCUT2D eigenvalue weighted by molar-refractivity contribution is -0.898. The normalized spacial score (nSPS) is 22.2. The monoisotopic (exact) mass is 374 g/mol. The van der Waals surface area contributed by atoms with Gasteiger partial charge in [-0.15, -0.1) is 0 Å². The minimum atomic E-state index is -0.506. The number of likely N-dealkylation sites (tertiary alicyclic amines) is 1. The fraction of sp³-hybridized carbons (Fsp3) is 0.400. The number of hydrogen-bond donors (Lipinski definition) is 3. The number of furan rings is 1. The molecule has 1 aromatic carbocycles. The van der Waals surface area contributed by atoms with Crippen molar-refractivity contribution in [1.29, 1.82) is 0 Å². The molecule has 1 aromatic heterocycles. The van der Waals surface area contributed by atoms with Gasteiger partial charge in [0.25, 0.3) is 5.91 Å². The first-order chi connectivity index (χ1) is 13.0. The third kappa shape index (κ3) is 4.95. The van der Waals surface area contributed by atoms with Crippen LogP contribution in [0, 0.1) is 5.82 Å². The molecule has 0 bridgehead atoms. The molecule has 0 spiro atoms. The fourth-order valence-corrected chi connectivity index (χ4v) is 3.69. The molecule has 0 saturated carbocycles. The molecule has 144 valence electrons. The summed E-state index contributed by atoms with van der Waals surface area (Å²) in [4.78, 5) is 25.1. The summed E-state index contributed by atoms with van der Waals surface area (Å²) in [5.74, 6) is 0.278. The highest BCUT2D eigenvalue weighted by atomic mass is 19.1. The van der Waals surface area contributed by atoms with E-state index in [4.69, 9.17) is 4.42 Å². The second kappa shape index (κ2) is 8.35. The van der Waals surface area contributed by atoms with E-state index in [1.165, 1.54) is 19.1 Å². The Labute approximate surface area is 157 Å². The van der Waals surface area contributed by atoms with Gasteiger partial charge >= 0.3 is 0 Å². The molecule has 2 aromatic rings. The van der Waals surface area contributed by atoms with Crippen LogP contribution in [0.2, 0.25) is 0 Å². The van der Waals surface area contributed by atoms with E-state index in [0.29, 0.717) is 25.9 Å². The van der Waals surface area contributed by atoms with Crippen LogP contribution in [0.25, 0.3) is 0 Å². The Morgan fingerprint density at radius 2 is 1.89 bits per heavy atom. The van der Waals surface area contributed by atoms with Crippen LogP contribution in [-0.2, 0) is 21.7 Å². The molecule has 1 aliphatic heterocycles. The molecule has 0 aliphatic carbocycles. The summed E-state index contributed by atoms with van der Waals surface area (Å²) in [5.41, 5.74) is 0.397. The Hall–Kier alpha value is -2.67. The van der Waals surface area contributed by atoms with Crippen LogP contribution < -0.4 is 15.5 Å². The molecule has 1 saturated heterocycles. The molecular formula is C20H25FN3O3+. The summed E-state index contributed by atoms with van der Waals surface area (Å²) in [6, 6.07) is 9.89. The Kier molecular flexibility index (Phi) is 5.91. The number of carbonyl (C=O) groups excluding carboxylic acids is 2. The standard InChI is InChI=1S/C20H24FN3O3/c1-15(25)23-20(16-4-6-17(21)7-5-16)8-10-24(11-9-20)14-19(26)22-13-18-3-2-12-27-18/h2-7,12H,8-11,13-14H2,1H3,(H,22,26)(H,23,25)/p+1. The molecule has 2 heterocycles. The van der Waals surface area contributed by atoms with Crippen LogP contribution in [0.3, 0.4) is 0 Å². The number of halogens is 1. The van der Waals surface area contributed by atoms with E-state index in [-0.39, 0.29) is 17.6 Å². The van der Waals surface area contributed by atoms with Crippen molar-refractivity contribution >= 4 is 11.8 Å². The summed E-state index contributed by atoms with van der Waals surface area (Å²) >= 11 is 0. The Morgan fingerprint density at radius 1 is 1.19 bits per heavy atom. The van der Waals surface area contributed by atoms with Gasteiger partial charge in [0.15, 0.2) is 6.54 Å². The Bertz CT molecular complexity index is 766. The number of piperidine rings is 1. The maximum absolute atomic E-state index is 13.3. The highest BCUT2D eigenvalue weighted by molar-refractivity contribution is 5.76. The summed E-state index contributed by atoms with van der Waals surface area (Å²) < 4.78 is 18.5. The molecule has 0 unspecified atom stereocenters. The molecule has 1 aliphatic rings. The maximum Gasteiger partial charge on any atom is 0.275 e. The van der Waals surface area contributed by atoms with Gasteiger partial charge in [-0.1, -0.05) is 12.1 Å². The minimum Gasteiger partial charge on any atom is -0.467 e. The predicted octanol–water partition coefficient (Wildman–Crippen LogP) is 0.745. The average molecular weight is 374 g/mol. The van der Waals surface area contributed by atoms with E-state index in [2.05, 4.69) is 10.6 Å². The highest BCUT2D eigenvalue weighted by Crippen LogP contribution is 2.29. The van der Waals surface area contributed by atoms with E-state index in [0.717, 1.165) is 29.3 Å². The van der Waals surface area contributed by atoms with Crippen molar-refractivity contribution in [3.05, 3.63) is 59.8 Å². The van der Waals surface area contributed by atoms with Crippen LogP contribution in [0.1, 0.15) is 31.1 Å². The van der Waals surface area contributed by atoms with Crippen LogP contribution in [0.5, 0.6) is 0 Å². The third-order valence-corrected chi connectivity index (χ3v) is 5.07. The second-order valence-electron chi connectivity index (χ2n) is 7.05. The lowest BCUT2D eigenvalue weighted by atomic mass is 9.80. The smallest absolute Gasteiger partial charge is 0.275 e. The van der Waals surface area contributed by atoms with Gasteiger partial charge in [-0.3, -0.25) is 9.59 Å². The molecule has 2 amide bonds. The summed E-state index contributed by atoms with van der Waals surface area (Å²) in [6.45, 7) is 3.73. The number of hydrogen-bond acceptors (Lipinski definition) is 3. The number of rotatable bonds is 6. The van der Waals surface area contributed by atoms with Crippen molar-refractivity contribution in [3.63, 3.8) is 0 Å². The van der Waals surface area contributed by atoms with Gasteiger partial charge in [-0.05, 0) is 29.8 Å². The van der Waals surface area contributed by atoms with Gasteiger partial charge in [0.05, 0.1) is 31.4 Å². The number of nitrogens with one attached hydrogen (secondary N) is 3. The van der Waals surface area contributed by atoms with E-state index >= 15 is 0 Å². The zero-order chi connectivity index (χ0) is 19.3. The van der Waals surface area contributed by atoms with E-state index < -0.39 is 5.54 Å². The fourth-order valence-electron chi connectivity index (χ4n) is 3.69.